The molecule has 224 valence electrons. The average molecular weight is 622 g/mol. The van der Waals surface area contributed by atoms with Crippen molar-refractivity contribution in [1.82, 2.24) is 24.9 Å². The van der Waals surface area contributed by atoms with Gasteiger partial charge in [-0.3, -0.25) is 14.4 Å². The van der Waals surface area contributed by atoms with Gasteiger partial charge in [0.2, 0.25) is 5.91 Å². The molecule has 0 saturated carbocycles. The van der Waals surface area contributed by atoms with E-state index in [0.29, 0.717) is 60.9 Å². The van der Waals surface area contributed by atoms with Gasteiger partial charge < -0.3 is 24.9 Å². The summed E-state index contributed by atoms with van der Waals surface area (Å²) in [6.07, 6.45) is 2.98. The standard InChI is InChI=1S/C31H32ClN5O5S/c1-34-17-28-31(40)37(20-36(28)19-34)25-11-13-35(14-12-25)30(39)27(33-29(38)21-5-3-2-4-6-21)18-43(41,42)26-10-8-22-15-24(32)9-7-23(22)16-26/h2-10,15-17,25,27H,11-14,18-20H2,1H3,(H,33,38)/t27-/m1/s1. The van der Waals surface area contributed by atoms with Crippen molar-refractivity contribution in [3.8, 4) is 0 Å². The Morgan fingerprint density at radius 3 is 2.40 bits per heavy atom. The molecule has 3 heterocycles. The van der Waals surface area contributed by atoms with Crippen LogP contribution in [0, 0.1) is 0 Å². The number of carbonyl (C=O) groups excluding carboxylic acids is 3. The van der Waals surface area contributed by atoms with E-state index in [-0.39, 0.29) is 16.8 Å². The molecule has 0 radical (unpaired) electrons. The number of piperidine rings is 1. The molecule has 3 aliphatic heterocycles. The summed E-state index contributed by atoms with van der Waals surface area (Å²) in [5.74, 6) is -1.59. The van der Waals surface area contributed by atoms with E-state index in [1.165, 1.54) is 6.07 Å². The molecular formula is C31H32ClN5O5S. The zero-order valence-corrected chi connectivity index (χ0v) is 25.2. The molecule has 3 aliphatic rings. The molecular weight excluding hydrogens is 590 g/mol. The lowest BCUT2D eigenvalue weighted by molar-refractivity contribution is -0.135. The molecule has 10 nitrogen and oxygen atoms in total. The van der Waals surface area contributed by atoms with E-state index in [4.69, 9.17) is 11.6 Å². The molecule has 0 aromatic heterocycles. The summed E-state index contributed by atoms with van der Waals surface area (Å²) >= 11 is 6.08. The summed E-state index contributed by atoms with van der Waals surface area (Å²) in [7, 11) is -2.05. The van der Waals surface area contributed by atoms with Crippen molar-refractivity contribution in [1.29, 1.82) is 0 Å². The fraction of sp³-hybridized carbons (Fsp3) is 0.323. The minimum atomic E-state index is -3.98. The zero-order valence-electron chi connectivity index (χ0n) is 23.6. The van der Waals surface area contributed by atoms with E-state index in [1.54, 1.807) is 65.6 Å². The van der Waals surface area contributed by atoms with Gasteiger partial charge in [-0.1, -0.05) is 41.9 Å². The zero-order chi connectivity index (χ0) is 30.3. The number of rotatable bonds is 7. The minimum absolute atomic E-state index is 0.00845. The average Bonchev–Trinajstić information content (AvgIpc) is 3.52. The van der Waals surface area contributed by atoms with Crippen molar-refractivity contribution in [2.24, 2.45) is 0 Å². The molecule has 0 spiro atoms. The van der Waals surface area contributed by atoms with Crippen LogP contribution < -0.4 is 5.32 Å². The van der Waals surface area contributed by atoms with Gasteiger partial charge in [0.05, 0.1) is 24.0 Å². The largest absolute Gasteiger partial charge is 0.361 e. The quantitative estimate of drug-likeness (QED) is 0.432. The highest BCUT2D eigenvalue weighted by Crippen LogP contribution is 2.29. The Hall–Kier alpha value is -4.09. The summed E-state index contributed by atoms with van der Waals surface area (Å²) in [5, 5.41) is 4.73. The van der Waals surface area contributed by atoms with Gasteiger partial charge in [-0.05, 0) is 60.0 Å². The molecule has 43 heavy (non-hydrogen) atoms. The van der Waals surface area contributed by atoms with Crippen molar-refractivity contribution in [3.63, 3.8) is 0 Å². The van der Waals surface area contributed by atoms with E-state index in [9.17, 15) is 22.8 Å². The van der Waals surface area contributed by atoms with E-state index in [1.807, 2.05) is 27.9 Å². The number of halogens is 1. The number of nitrogens with one attached hydrogen (secondary N) is 1. The summed E-state index contributed by atoms with van der Waals surface area (Å²) in [5.41, 5.74) is 1.01. The molecule has 2 saturated heterocycles. The summed E-state index contributed by atoms with van der Waals surface area (Å²) in [6, 6.07) is 17.0. The van der Waals surface area contributed by atoms with Gasteiger partial charge in [0.25, 0.3) is 11.8 Å². The lowest BCUT2D eigenvalue weighted by atomic mass is 10.0. The smallest absolute Gasteiger partial charge is 0.273 e. The fourth-order valence-corrected chi connectivity index (χ4v) is 7.61. The molecule has 3 aromatic rings. The highest BCUT2D eigenvalue weighted by Gasteiger charge is 2.42. The monoisotopic (exact) mass is 621 g/mol. The van der Waals surface area contributed by atoms with Gasteiger partial charge in [-0.15, -0.1) is 0 Å². The summed E-state index contributed by atoms with van der Waals surface area (Å²) in [4.78, 5) is 47.4. The number of amides is 3. The number of sulfone groups is 1. The van der Waals surface area contributed by atoms with Crippen LogP contribution in [0.5, 0.6) is 0 Å². The Kier molecular flexibility index (Phi) is 7.78. The van der Waals surface area contributed by atoms with Crippen molar-refractivity contribution in [2.45, 2.75) is 29.8 Å². The molecule has 3 amide bonds. The molecule has 2 fully saturated rings. The number of nitrogens with zero attached hydrogens (tertiary/aromatic N) is 4. The van der Waals surface area contributed by atoms with Crippen molar-refractivity contribution >= 4 is 49.9 Å². The first-order chi connectivity index (χ1) is 20.6. The molecule has 0 unspecified atom stereocenters. The second-order valence-electron chi connectivity index (χ2n) is 11.3. The molecule has 3 aromatic carbocycles. The first-order valence-corrected chi connectivity index (χ1v) is 16.2. The molecule has 0 aliphatic carbocycles. The van der Waals surface area contributed by atoms with E-state index < -0.39 is 33.4 Å². The maximum atomic E-state index is 13.8. The number of likely N-dealkylation sites (tertiary alicyclic amines) is 1. The van der Waals surface area contributed by atoms with Crippen molar-refractivity contribution in [3.05, 3.63) is 89.2 Å². The highest BCUT2D eigenvalue weighted by molar-refractivity contribution is 7.91. The maximum absolute atomic E-state index is 13.8. The topological polar surface area (TPSA) is 110 Å². The Morgan fingerprint density at radius 1 is 0.977 bits per heavy atom. The molecule has 1 N–H and O–H groups in total. The van der Waals surface area contributed by atoms with Crippen LogP contribution in [-0.2, 0) is 19.4 Å². The van der Waals surface area contributed by atoms with Crippen molar-refractivity contribution < 1.29 is 22.8 Å². The van der Waals surface area contributed by atoms with Crippen LogP contribution in [-0.4, -0.2) is 97.1 Å². The normalized spacial score (nSPS) is 18.2. The number of hydrogen-bond donors (Lipinski definition) is 1. The molecule has 6 rings (SSSR count). The van der Waals surface area contributed by atoms with E-state index >= 15 is 0 Å². The first kappa shape index (κ1) is 29.0. The predicted octanol–water partition coefficient (Wildman–Crippen LogP) is 2.90. The van der Waals surface area contributed by atoms with Gasteiger partial charge in [0, 0.05) is 43.0 Å². The Labute approximate surface area is 255 Å². The van der Waals surface area contributed by atoms with E-state index in [2.05, 4.69) is 5.32 Å². The number of hydrogen-bond acceptors (Lipinski definition) is 7. The Bertz CT molecular complexity index is 1720. The van der Waals surface area contributed by atoms with Gasteiger partial charge in [-0.25, -0.2) is 8.42 Å². The second-order valence-corrected chi connectivity index (χ2v) is 13.7. The highest BCUT2D eigenvalue weighted by atomic mass is 35.5. The van der Waals surface area contributed by atoms with Gasteiger partial charge >= 0.3 is 0 Å². The van der Waals surface area contributed by atoms with Crippen LogP contribution in [0.25, 0.3) is 10.8 Å². The van der Waals surface area contributed by atoms with E-state index in [0.717, 1.165) is 5.39 Å². The van der Waals surface area contributed by atoms with Crippen LogP contribution in [0.4, 0.5) is 0 Å². The lowest BCUT2D eigenvalue weighted by Gasteiger charge is -2.38. The summed E-state index contributed by atoms with van der Waals surface area (Å²) < 4.78 is 27.3. The molecule has 1 atom stereocenters. The van der Waals surface area contributed by atoms with Crippen molar-refractivity contribution in [2.75, 3.05) is 39.2 Å². The van der Waals surface area contributed by atoms with Gasteiger partial charge in [0.15, 0.2) is 9.84 Å². The maximum Gasteiger partial charge on any atom is 0.273 e. The Balaban J connectivity index is 1.19. The number of carbonyl (C=O) groups is 3. The third-order valence-corrected chi connectivity index (χ3v) is 10.2. The predicted molar refractivity (Wildman–Crippen MR) is 163 cm³/mol. The minimum Gasteiger partial charge on any atom is -0.361 e. The third kappa shape index (κ3) is 5.92. The molecule has 12 heteroatoms. The SMILES string of the molecule is CN1C=C2C(=O)N(C3CCN(C(=O)[C@@H](CS(=O)(=O)c4ccc5cc(Cl)ccc5c4)NC(=O)c4ccccc4)CC3)CN2C1. The number of fused-ring (bicyclic) bond motifs is 2. The van der Waals surface area contributed by atoms with Crippen LogP contribution in [0.1, 0.15) is 23.2 Å². The number of benzene rings is 3. The van der Waals surface area contributed by atoms with Gasteiger partial charge in [0.1, 0.15) is 11.7 Å². The summed E-state index contributed by atoms with van der Waals surface area (Å²) in [6.45, 7) is 1.87. The third-order valence-electron chi connectivity index (χ3n) is 8.26. The molecule has 0 bridgehead atoms. The van der Waals surface area contributed by atoms with Crippen LogP contribution in [0.2, 0.25) is 5.02 Å². The lowest BCUT2D eigenvalue weighted by Crippen LogP contribution is -2.55. The van der Waals surface area contributed by atoms with Crippen LogP contribution in [0.3, 0.4) is 0 Å². The second kappa shape index (κ2) is 11.5. The first-order valence-electron chi connectivity index (χ1n) is 14.1. The van der Waals surface area contributed by atoms with Crippen LogP contribution >= 0.6 is 11.6 Å². The fourth-order valence-electron chi connectivity index (χ4n) is 5.99. The van der Waals surface area contributed by atoms with Crippen LogP contribution in [0.15, 0.2) is 83.5 Å². The Morgan fingerprint density at radius 2 is 1.67 bits per heavy atom. The van der Waals surface area contributed by atoms with Gasteiger partial charge in [-0.2, -0.15) is 0 Å².